The fourth-order valence-electron chi connectivity index (χ4n) is 1.62. The first-order valence-corrected chi connectivity index (χ1v) is 6.65. The third-order valence-corrected chi connectivity index (χ3v) is 2.50. The molecule has 0 spiro atoms. The molecule has 0 saturated heterocycles. The van der Waals surface area contributed by atoms with Gasteiger partial charge in [0, 0.05) is 25.1 Å². The molecular formula is C13H25N3O2. The first kappa shape index (κ1) is 15.1. The molecule has 1 heterocycles. The minimum absolute atomic E-state index is 0.0527. The molecule has 0 aliphatic heterocycles. The lowest BCUT2D eigenvalue weighted by molar-refractivity contribution is 0.0518. The molecule has 5 heteroatoms. The van der Waals surface area contributed by atoms with Crippen LogP contribution < -0.4 is 5.32 Å². The predicted molar refractivity (Wildman–Crippen MR) is 70.4 cm³/mol. The summed E-state index contributed by atoms with van der Waals surface area (Å²) in [5.41, 5.74) is 0.111. The topological polar surface area (TPSA) is 60.2 Å². The quantitative estimate of drug-likeness (QED) is 0.811. The van der Waals surface area contributed by atoms with Crippen LogP contribution in [-0.2, 0) is 11.2 Å². The van der Waals surface area contributed by atoms with Gasteiger partial charge in [0.2, 0.25) is 11.7 Å². The molecular weight excluding hydrogens is 230 g/mol. The average molecular weight is 255 g/mol. The highest BCUT2D eigenvalue weighted by atomic mass is 16.5. The van der Waals surface area contributed by atoms with Crippen LogP contribution in [0, 0.1) is 0 Å². The molecule has 0 aliphatic rings. The second kappa shape index (κ2) is 6.85. The van der Waals surface area contributed by atoms with Gasteiger partial charge in [-0.3, -0.25) is 0 Å². The van der Waals surface area contributed by atoms with Crippen LogP contribution >= 0.6 is 0 Å². The van der Waals surface area contributed by atoms with Crippen molar-refractivity contribution in [1.29, 1.82) is 0 Å². The van der Waals surface area contributed by atoms with Crippen molar-refractivity contribution < 1.29 is 9.26 Å². The lowest BCUT2D eigenvalue weighted by atomic mass is 10.1. The summed E-state index contributed by atoms with van der Waals surface area (Å²) in [5.74, 6) is 1.32. The number of hydrogen-bond donors (Lipinski definition) is 1. The van der Waals surface area contributed by atoms with Crippen molar-refractivity contribution in [2.24, 2.45) is 0 Å². The highest BCUT2D eigenvalue weighted by Gasteiger charge is 2.17. The zero-order valence-corrected chi connectivity index (χ0v) is 12.1. The number of hydrogen-bond acceptors (Lipinski definition) is 5. The Morgan fingerprint density at radius 1 is 1.33 bits per heavy atom. The largest absolute Gasteiger partial charge is 0.370 e. The Morgan fingerprint density at radius 2 is 2.06 bits per heavy atom. The summed E-state index contributed by atoms with van der Waals surface area (Å²) in [6.07, 6.45) is 1.54. The Labute approximate surface area is 109 Å². The normalized spacial score (nSPS) is 13.8. The number of rotatable bonds is 7. The van der Waals surface area contributed by atoms with Crippen LogP contribution in [0.15, 0.2) is 4.52 Å². The highest BCUT2D eigenvalue weighted by molar-refractivity contribution is 4.91. The maximum Gasteiger partial charge on any atom is 0.228 e. The standard InChI is InChI=1S/C13H25N3O2/c1-6-10(17-7-2)12-15-11(18-16-12)8-9-14-13(3,4)5/h10,14H,6-9H2,1-5H3. The van der Waals surface area contributed by atoms with E-state index in [2.05, 4.69) is 43.2 Å². The molecule has 5 nitrogen and oxygen atoms in total. The maximum atomic E-state index is 5.55. The van der Waals surface area contributed by atoms with E-state index in [1.165, 1.54) is 0 Å². The van der Waals surface area contributed by atoms with Crippen molar-refractivity contribution in [3.63, 3.8) is 0 Å². The fraction of sp³-hybridized carbons (Fsp3) is 0.846. The summed E-state index contributed by atoms with van der Waals surface area (Å²) in [4.78, 5) is 4.38. The summed E-state index contributed by atoms with van der Waals surface area (Å²) in [7, 11) is 0. The molecule has 1 N–H and O–H groups in total. The van der Waals surface area contributed by atoms with Gasteiger partial charge in [0.05, 0.1) is 0 Å². The van der Waals surface area contributed by atoms with E-state index in [4.69, 9.17) is 9.26 Å². The van der Waals surface area contributed by atoms with Crippen LogP contribution in [0.5, 0.6) is 0 Å². The summed E-state index contributed by atoms with van der Waals surface area (Å²) >= 11 is 0. The minimum atomic E-state index is -0.0527. The van der Waals surface area contributed by atoms with E-state index < -0.39 is 0 Å². The second-order valence-corrected chi connectivity index (χ2v) is 5.33. The van der Waals surface area contributed by atoms with E-state index in [0.717, 1.165) is 19.4 Å². The van der Waals surface area contributed by atoms with Gasteiger partial charge in [-0.05, 0) is 34.1 Å². The molecule has 0 aliphatic carbocycles. The van der Waals surface area contributed by atoms with Gasteiger partial charge in [-0.2, -0.15) is 4.98 Å². The number of aromatic nitrogens is 2. The van der Waals surface area contributed by atoms with Gasteiger partial charge in [-0.1, -0.05) is 12.1 Å². The monoisotopic (exact) mass is 255 g/mol. The van der Waals surface area contributed by atoms with Crippen LogP contribution in [0.25, 0.3) is 0 Å². The summed E-state index contributed by atoms with van der Waals surface area (Å²) in [5, 5.41) is 7.37. The Kier molecular flexibility index (Phi) is 5.75. The molecule has 0 fully saturated rings. The van der Waals surface area contributed by atoms with Gasteiger partial charge in [-0.15, -0.1) is 0 Å². The Bertz CT molecular complexity index is 344. The molecule has 1 rings (SSSR count). The number of ether oxygens (including phenoxy) is 1. The van der Waals surface area contributed by atoms with E-state index in [9.17, 15) is 0 Å². The number of nitrogens with one attached hydrogen (secondary N) is 1. The third kappa shape index (κ3) is 5.14. The molecule has 104 valence electrons. The average Bonchev–Trinajstić information content (AvgIpc) is 2.72. The zero-order valence-electron chi connectivity index (χ0n) is 12.1. The Hall–Kier alpha value is -0.940. The smallest absolute Gasteiger partial charge is 0.228 e. The molecule has 0 bridgehead atoms. The van der Waals surface area contributed by atoms with Crippen LogP contribution in [0.3, 0.4) is 0 Å². The van der Waals surface area contributed by atoms with Crippen molar-refractivity contribution in [3.8, 4) is 0 Å². The molecule has 1 aromatic heterocycles. The third-order valence-electron chi connectivity index (χ3n) is 2.50. The number of nitrogens with zero attached hydrogens (tertiary/aromatic N) is 2. The summed E-state index contributed by atoms with van der Waals surface area (Å²) in [6.45, 7) is 11.9. The Balaban J connectivity index is 2.47. The fourth-order valence-corrected chi connectivity index (χ4v) is 1.62. The SMILES string of the molecule is CCOC(CC)c1noc(CCNC(C)(C)C)n1. The summed E-state index contributed by atoms with van der Waals surface area (Å²) < 4.78 is 10.8. The molecule has 1 atom stereocenters. The van der Waals surface area contributed by atoms with Crippen LogP contribution in [0.4, 0.5) is 0 Å². The minimum Gasteiger partial charge on any atom is -0.370 e. The molecule has 18 heavy (non-hydrogen) atoms. The second-order valence-electron chi connectivity index (χ2n) is 5.33. The van der Waals surface area contributed by atoms with Crippen molar-refractivity contribution >= 4 is 0 Å². The van der Waals surface area contributed by atoms with Crippen LogP contribution in [0.1, 0.15) is 58.9 Å². The lowest BCUT2D eigenvalue weighted by Crippen LogP contribution is -2.37. The van der Waals surface area contributed by atoms with E-state index in [-0.39, 0.29) is 11.6 Å². The summed E-state index contributed by atoms with van der Waals surface area (Å²) in [6, 6.07) is 0. The van der Waals surface area contributed by atoms with Crippen molar-refractivity contribution in [1.82, 2.24) is 15.5 Å². The van der Waals surface area contributed by atoms with Gasteiger partial charge in [-0.25, -0.2) is 0 Å². The van der Waals surface area contributed by atoms with Gasteiger partial charge >= 0.3 is 0 Å². The van der Waals surface area contributed by atoms with Gasteiger partial charge < -0.3 is 14.6 Å². The Morgan fingerprint density at radius 3 is 2.61 bits per heavy atom. The predicted octanol–water partition coefficient (Wildman–Crippen LogP) is 2.49. The first-order chi connectivity index (χ1) is 8.46. The van der Waals surface area contributed by atoms with Crippen LogP contribution in [-0.4, -0.2) is 28.8 Å². The molecule has 1 unspecified atom stereocenters. The first-order valence-electron chi connectivity index (χ1n) is 6.65. The van der Waals surface area contributed by atoms with Gasteiger partial charge in [0.15, 0.2) is 0 Å². The van der Waals surface area contributed by atoms with Gasteiger partial charge in [0.1, 0.15) is 6.10 Å². The van der Waals surface area contributed by atoms with E-state index >= 15 is 0 Å². The van der Waals surface area contributed by atoms with E-state index in [1.54, 1.807) is 0 Å². The van der Waals surface area contributed by atoms with E-state index in [0.29, 0.717) is 18.3 Å². The highest BCUT2D eigenvalue weighted by Crippen LogP contribution is 2.17. The zero-order chi connectivity index (χ0) is 13.6. The lowest BCUT2D eigenvalue weighted by Gasteiger charge is -2.19. The molecule has 0 saturated carbocycles. The van der Waals surface area contributed by atoms with Crippen molar-refractivity contribution in [2.45, 2.75) is 59.1 Å². The molecule has 0 radical (unpaired) electrons. The molecule has 0 aromatic carbocycles. The van der Waals surface area contributed by atoms with Crippen LogP contribution in [0.2, 0.25) is 0 Å². The van der Waals surface area contributed by atoms with Crippen molar-refractivity contribution in [3.05, 3.63) is 11.7 Å². The van der Waals surface area contributed by atoms with E-state index in [1.807, 2.05) is 6.92 Å². The maximum absolute atomic E-state index is 5.55. The van der Waals surface area contributed by atoms with Gasteiger partial charge in [0.25, 0.3) is 0 Å². The molecule has 0 amide bonds. The van der Waals surface area contributed by atoms with Crippen molar-refractivity contribution in [2.75, 3.05) is 13.2 Å². The molecule has 1 aromatic rings.